The van der Waals surface area contributed by atoms with Crippen LogP contribution in [0.25, 0.3) is 0 Å². The Morgan fingerprint density at radius 1 is 0.889 bits per heavy atom. The van der Waals surface area contributed by atoms with E-state index in [9.17, 15) is 0 Å². The van der Waals surface area contributed by atoms with Crippen LogP contribution in [0.3, 0.4) is 0 Å². The third-order valence-electron chi connectivity index (χ3n) is 0.818. The fourth-order valence-corrected chi connectivity index (χ4v) is 0.243. The summed E-state index contributed by atoms with van der Waals surface area (Å²) in [6.45, 7) is -1.05. The molecule has 0 aliphatic carbocycles. The molecule has 0 heterocycles. The maximum atomic E-state index is 8.47. The van der Waals surface area contributed by atoms with E-state index in [-0.39, 0.29) is 37.7 Å². The molecule has 0 rings (SSSR count). The zero-order valence-corrected chi connectivity index (χ0v) is 4.36. The fraction of sp³-hybridized carbons (Fsp3) is 1.00. The van der Waals surface area contributed by atoms with E-state index in [2.05, 4.69) is 0 Å². The van der Waals surface area contributed by atoms with Crippen LogP contribution in [-0.2, 0) is 0 Å². The van der Waals surface area contributed by atoms with Gasteiger partial charge in [-0.1, -0.05) is 0 Å². The summed E-state index contributed by atoms with van der Waals surface area (Å²) in [6, 6.07) is 0. The Balaban J connectivity index is 0. The van der Waals surface area contributed by atoms with Gasteiger partial charge in [-0.15, -0.1) is 0 Å². The molecular weight excluding hydrogens is 152 g/mol. The molecule has 0 aromatic heterocycles. The van der Waals surface area contributed by atoms with Gasteiger partial charge >= 0.3 is 37.7 Å². The van der Waals surface area contributed by atoms with Gasteiger partial charge in [-0.05, 0) is 0 Å². The zero-order chi connectivity index (χ0) is 6.57. The molecule has 0 fully saturated rings. The molecular formula is C4H12CaO4. The number of aliphatic hydroxyl groups excluding tert-OH is 4. The number of aliphatic hydroxyl groups is 4. The first-order chi connectivity index (χ1) is 3.72. The van der Waals surface area contributed by atoms with Gasteiger partial charge in [0, 0.05) is 0 Å². The summed E-state index contributed by atoms with van der Waals surface area (Å²) in [5.74, 6) is 0. The second-order valence-corrected chi connectivity index (χ2v) is 1.50. The van der Waals surface area contributed by atoms with Crippen molar-refractivity contribution < 1.29 is 20.4 Å². The Hall–Kier alpha value is 1.10. The molecule has 2 atom stereocenters. The first-order valence-corrected chi connectivity index (χ1v) is 2.30. The predicted octanol–water partition coefficient (Wildman–Crippen LogP) is -3.22. The number of hydrogen-bond acceptors (Lipinski definition) is 4. The third kappa shape index (κ3) is 5.54. The average molecular weight is 164 g/mol. The van der Waals surface area contributed by atoms with Crippen LogP contribution in [0.2, 0.25) is 0 Å². The maximum absolute atomic E-state index is 8.47. The summed E-state index contributed by atoms with van der Waals surface area (Å²) in [6.07, 6.45) is -2.44. The molecule has 5 heteroatoms. The monoisotopic (exact) mass is 164 g/mol. The van der Waals surface area contributed by atoms with Crippen molar-refractivity contribution >= 4 is 37.7 Å². The second-order valence-electron chi connectivity index (χ2n) is 1.50. The summed E-state index contributed by atoms with van der Waals surface area (Å²) in [5.41, 5.74) is 0. The molecule has 0 amide bonds. The minimum atomic E-state index is -1.22. The van der Waals surface area contributed by atoms with Gasteiger partial charge in [-0.3, -0.25) is 0 Å². The van der Waals surface area contributed by atoms with Crippen molar-refractivity contribution in [3.8, 4) is 0 Å². The molecule has 54 valence electrons. The van der Waals surface area contributed by atoms with E-state index >= 15 is 0 Å². The van der Waals surface area contributed by atoms with Crippen molar-refractivity contribution in [3.63, 3.8) is 0 Å². The first kappa shape index (κ1) is 12.7. The Morgan fingerprint density at radius 3 is 1.22 bits per heavy atom. The van der Waals surface area contributed by atoms with Gasteiger partial charge < -0.3 is 20.4 Å². The molecule has 2 unspecified atom stereocenters. The van der Waals surface area contributed by atoms with E-state index in [1.165, 1.54) is 0 Å². The molecule has 0 aliphatic heterocycles. The number of rotatable bonds is 3. The summed E-state index contributed by atoms with van der Waals surface area (Å²) in [7, 11) is 0. The standard InChI is InChI=1S/C4H10O4.Ca.2H/c5-1-3(7)4(8)2-6;;;/h3-8H,1-2H2;;;. The van der Waals surface area contributed by atoms with Crippen LogP contribution in [0.4, 0.5) is 0 Å². The summed E-state index contributed by atoms with van der Waals surface area (Å²) in [5, 5.41) is 33.2. The van der Waals surface area contributed by atoms with Crippen LogP contribution < -0.4 is 0 Å². The predicted molar refractivity (Wildman–Crippen MR) is 34.7 cm³/mol. The normalized spacial score (nSPS) is 16.0. The molecule has 9 heavy (non-hydrogen) atoms. The van der Waals surface area contributed by atoms with E-state index < -0.39 is 25.4 Å². The van der Waals surface area contributed by atoms with Gasteiger partial charge in [0.25, 0.3) is 0 Å². The van der Waals surface area contributed by atoms with Crippen molar-refractivity contribution in [2.24, 2.45) is 0 Å². The number of hydrogen-bond donors (Lipinski definition) is 4. The van der Waals surface area contributed by atoms with Crippen molar-refractivity contribution in [2.45, 2.75) is 12.2 Å². The molecule has 0 saturated carbocycles. The van der Waals surface area contributed by atoms with Crippen LogP contribution in [0.15, 0.2) is 0 Å². The van der Waals surface area contributed by atoms with E-state index in [1.54, 1.807) is 0 Å². The van der Waals surface area contributed by atoms with Gasteiger partial charge in [0.15, 0.2) is 0 Å². The molecule has 0 aromatic carbocycles. The van der Waals surface area contributed by atoms with Crippen LogP contribution >= 0.6 is 0 Å². The van der Waals surface area contributed by atoms with Gasteiger partial charge in [0.2, 0.25) is 0 Å². The van der Waals surface area contributed by atoms with Crippen LogP contribution in [0.1, 0.15) is 0 Å². The first-order valence-electron chi connectivity index (χ1n) is 2.30. The van der Waals surface area contributed by atoms with Crippen molar-refractivity contribution in [3.05, 3.63) is 0 Å². The summed E-state index contributed by atoms with van der Waals surface area (Å²) in [4.78, 5) is 0. The Morgan fingerprint density at radius 2 is 1.11 bits per heavy atom. The van der Waals surface area contributed by atoms with Crippen molar-refractivity contribution in [1.29, 1.82) is 0 Å². The third-order valence-corrected chi connectivity index (χ3v) is 0.818. The Labute approximate surface area is 83.1 Å². The molecule has 0 radical (unpaired) electrons. The Bertz CT molecular complexity index is 52.5. The minimum absolute atomic E-state index is 0. The molecule has 4 nitrogen and oxygen atoms in total. The molecule has 0 bridgehead atoms. The summed E-state index contributed by atoms with van der Waals surface area (Å²) < 4.78 is 0. The molecule has 0 aliphatic rings. The van der Waals surface area contributed by atoms with E-state index in [0.717, 1.165) is 0 Å². The van der Waals surface area contributed by atoms with Crippen LogP contribution in [0, 0.1) is 0 Å². The SMILES string of the molecule is OCC(O)C(O)CO.[CaH2]. The summed E-state index contributed by atoms with van der Waals surface area (Å²) >= 11 is 0. The van der Waals surface area contributed by atoms with Gasteiger partial charge in [-0.25, -0.2) is 0 Å². The quantitative estimate of drug-likeness (QED) is 0.331. The molecule has 0 aromatic rings. The average Bonchev–Trinajstić information content (AvgIpc) is 1.84. The van der Waals surface area contributed by atoms with E-state index in [0.29, 0.717) is 0 Å². The van der Waals surface area contributed by atoms with Gasteiger partial charge in [0.05, 0.1) is 13.2 Å². The van der Waals surface area contributed by atoms with Crippen molar-refractivity contribution in [1.82, 2.24) is 0 Å². The molecule has 0 spiro atoms. The molecule has 0 saturated heterocycles. The topological polar surface area (TPSA) is 80.9 Å². The van der Waals surface area contributed by atoms with Crippen LogP contribution in [0.5, 0.6) is 0 Å². The van der Waals surface area contributed by atoms with Gasteiger partial charge in [0.1, 0.15) is 12.2 Å². The fourth-order valence-electron chi connectivity index (χ4n) is 0.243. The van der Waals surface area contributed by atoms with Crippen LogP contribution in [-0.4, -0.2) is 83.6 Å². The van der Waals surface area contributed by atoms with Gasteiger partial charge in [-0.2, -0.15) is 0 Å². The second kappa shape index (κ2) is 7.21. The zero-order valence-electron chi connectivity index (χ0n) is 4.36. The van der Waals surface area contributed by atoms with E-state index in [1.807, 2.05) is 0 Å². The van der Waals surface area contributed by atoms with Crippen molar-refractivity contribution in [2.75, 3.05) is 13.2 Å². The Kier molecular flexibility index (Phi) is 10.2. The molecule has 4 N–H and O–H groups in total. The van der Waals surface area contributed by atoms with E-state index in [4.69, 9.17) is 20.4 Å².